The topological polar surface area (TPSA) is 78.9 Å². The molecular formula is C34H37N3O4S. The second-order valence-electron chi connectivity index (χ2n) is 10.4. The number of rotatable bonds is 11. The van der Waals surface area contributed by atoms with Crippen molar-refractivity contribution in [1.82, 2.24) is 14.5 Å². The van der Waals surface area contributed by atoms with Crippen molar-refractivity contribution in [1.29, 1.82) is 0 Å². The molecule has 5 rings (SSSR count). The maximum absolute atomic E-state index is 13.9. The Labute approximate surface area is 248 Å². The van der Waals surface area contributed by atoms with E-state index < -0.39 is 16.1 Å². The molecule has 0 bridgehead atoms. The molecule has 1 fully saturated rings. The largest absolute Gasteiger partial charge is 0.494 e. The second kappa shape index (κ2) is 13.8. The molecule has 0 aliphatic carbocycles. The minimum absolute atomic E-state index is 0.0722. The summed E-state index contributed by atoms with van der Waals surface area (Å²) in [5, 5.41) is 0. The smallest absolute Gasteiger partial charge is 0.241 e. The number of piperazine rings is 1. The zero-order chi connectivity index (χ0) is 29.4. The maximum Gasteiger partial charge on any atom is 0.241 e. The Morgan fingerprint density at radius 3 is 1.81 bits per heavy atom. The van der Waals surface area contributed by atoms with Crippen LogP contribution in [0.15, 0.2) is 120 Å². The molecule has 1 saturated heterocycles. The van der Waals surface area contributed by atoms with Gasteiger partial charge in [-0.2, -0.15) is 4.72 Å². The van der Waals surface area contributed by atoms with Crippen molar-refractivity contribution in [2.24, 2.45) is 0 Å². The molecule has 1 atom stereocenters. The Kier molecular flexibility index (Phi) is 9.69. The number of hydrogen-bond acceptors (Lipinski definition) is 5. The van der Waals surface area contributed by atoms with E-state index in [2.05, 4.69) is 58.2 Å². The lowest BCUT2D eigenvalue weighted by Crippen LogP contribution is -2.56. The number of ether oxygens (including phenoxy) is 1. The SMILES string of the molecule is CCOc1ccc(S(=O)(=O)N[C@H](Cc2ccccc2)C(=O)N2CCN(C(c3ccccc3)c3ccccc3)CC2)cc1. The number of carbonyl (C=O) groups is 1. The van der Waals surface area contributed by atoms with E-state index in [0.29, 0.717) is 38.5 Å². The fourth-order valence-corrected chi connectivity index (χ4v) is 6.66. The molecule has 4 aromatic rings. The molecule has 1 amide bonds. The van der Waals surface area contributed by atoms with Gasteiger partial charge in [0.25, 0.3) is 0 Å². The summed E-state index contributed by atoms with van der Waals surface area (Å²) in [5.74, 6) is 0.375. The molecular weight excluding hydrogens is 546 g/mol. The average molecular weight is 584 g/mol. The van der Waals surface area contributed by atoms with Crippen LogP contribution in [0.2, 0.25) is 0 Å². The van der Waals surface area contributed by atoms with Gasteiger partial charge in [0.2, 0.25) is 15.9 Å². The van der Waals surface area contributed by atoms with Crippen LogP contribution in [-0.2, 0) is 21.2 Å². The molecule has 1 aliphatic rings. The van der Waals surface area contributed by atoms with Gasteiger partial charge in [0.15, 0.2) is 0 Å². The van der Waals surface area contributed by atoms with E-state index >= 15 is 0 Å². The van der Waals surface area contributed by atoms with Crippen molar-refractivity contribution < 1.29 is 17.9 Å². The lowest BCUT2D eigenvalue weighted by atomic mass is 9.96. The van der Waals surface area contributed by atoms with Crippen LogP contribution in [0.5, 0.6) is 5.75 Å². The summed E-state index contributed by atoms with van der Waals surface area (Å²) in [7, 11) is -3.95. The van der Waals surface area contributed by atoms with E-state index in [0.717, 1.165) is 5.56 Å². The highest BCUT2D eigenvalue weighted by molar-refractivity contribution is 7.89. The number of sulfonamides is 1. The molecule has 0 aromatic heterocycles. The molecule has 1 aliphatic heterocycles. The second-order valence-corrected chi connectivity index (χ2v) is 12.1. The summed E-state index contributed by atoms with van der Waals surface area (Å²) in [5.41, 5.74) is 3.29. The summed E-state index contributed by atoms with van der Waals surface area (Å²) < 4.78 is 35.0. The van der Waals surface area contributed by atoms with Gasteiger partial charge >= 0.3 is 0 Å². The Morgan fingerprint density at radius 2 is 1.29 bits per heavy atom. The van der Waals surface area contributed by atoms with Gasteiger partial charge in [-0.15, -0.1) is 0 Å². The lowest BCUT2D eigenvalue weighted by molar-refractivity contribution is -0.135. The molecule has 7 nitrogen and oxygen atoms in total. The molecule has 0 spiro atoms. The first kappa shape index (κ1) is 29.5. The minimum Gasteiger partial charge on any atom is -0.494 e. The first-order valence-electron chi connectivity index (χ1n) is 14.4. The van der Waals surface area contributed by atoms with E-state index in [1.807, 2.05) is 49.4 Å². The molecule has 42 heavy (non-hydrogen) atoms. The van der Waals surface area contributed by atoms with Gasteiger partial charge in [0, 0.05) is 26.2 Å². The van der Waals surface area contributed by atoms with Crippen LogP contribution in [0.25, 0.3) is 0 Å². The monoisotopic (exact) mass is 583 g/mol. The van der Waals surface area contributed by atoms with E-state index in [-0.39, 0.29) is 23.3 Å². The van der Waals surface area contributed by atoms with Gasteiger partial charge in [0.05, 0.1) is 17.5 Å². The summed E-state index contributed by atoms with van der Waals surface area (Å²) in [6.45, 7) is 4.71. The predicted molar refractivity (Wildman–Crippen MR) is 165 cm³/mol. The number of carbonyl (C=O) groups excluding carboxylic acids is 1. The van der Waals surface area contributed by atoms with Crippen LogP contribution in [0.3, 0.4) is 0 Å². The molecule has 8 heteroatoms. The quantitative estimate of drug-likeness (QED) is 0.272. The van der Waals surface area contributed by atoms with Crippen LogP contribution in [0.1, 0.15) is 29.7 Å². The van der Waals surface area contributed by atoms with E-state index in [1.165, 1.54) is 23.3 Å². The average Bonchev–Trinajstić information content (AvgIpc) is 3.03. The van der Waals surface area contributed by atoms with Crippen molar-refractivity contribution in [2.75, 3.05) is 32.8 Å². The number of amides is 1. The highest BCUT2D eigenvalue weighted by Crippen LogP contribution is 2.29. The molecule has 0 unspecified atom stereocenters. The van der Waals surface area contributed by atoms with E-state index in [4.69, 9.17) is 4.74 Å². The number of nitrogens with one attached hydrogen (secondary N) is 1. The molecule has 218 valence electrons. The third-order valence-electron chi connectivity index (χ3n) is 7.54. The fraction of sp³-hybridized carbons (Fsp3) is 0.265. The van der Waals surface area contributed by atoms with Gasteiger partial charge in [-0.1, -0.05) is 91.0 Å². The van der Waals surface area contributed by atoms with E-state index in [1.54, 1.807) is 17.0 Å². The van der Waals surface area contributed by atoms with Crippen molar-refractivity contribution in [3.8, 4) is 5.75 Å². The van der Waals surface area contributed by atoms with Gasteiger partial charge in [-0.05, 0) is 54.3 Å². The van der Waals surface area contributed by atoms with Crippen LogP contribution in [-0.4, -0.2) is 63.0 Å². The zero-order valence-electron chi connectivity index (χ0n) is 23.8. The third-order valence-corrected chi connectivity index (χ3v) is 9.03. The standard InChI is InChI=1S/C34H37N3O4S/c1-2-41-30-18-20-31(21-19-30)42(39,40)35-32(26-27-12-6-3-7-13-27)34(38)37-24-22-36(23-25-37)33(28-14-8-4-9-15-28)29-16-10-5-11-17-29/h3-21,32-33,35H,2,22-26H2,1H3/t32-/m1/s1. The highest BCUT2D eigenvalue weighted by atomic mass is 32.2. The van der Waals surface area contributed by atoms with Gasteiger partial charge < -0.3 is 9.64 Å². The minimum atomic E-state index is -3.95. The van der Waals surface area contributed by atoms with Crippen LogP contribution < -0.4 is 9.46 Å². The molecule has 1 N–H and O–H groups in total. The van der Waals surface area contributed by atoms with Crippen LogP contribution >= 0.6 is 0 Å². The molecule has 1 heterocycles. The van der Waals surface area contributed by atoms with Crippen LogP contribution in [0, 0.1) is 0 Å². The predicted octanol–water partition coefficient (Wildman–Crippen LogP) is 4.91. The van der Waals surface area contributed by atoms with Crippen molar-refractivity contribution >= 4 is 15.9 Å². The van der Waals surface area contributed by atoms with Crippen molar-refractivity contribution in [2.45, 2.75) is 30.3 Å². The Bertz CT molecular complexity index is 1490. The number of nitrogens with zero attached hydrogens (tertiary/aromatic N) is 2. The summed E-state index contributed by atoms with van der Waals surface area (Å²) in [4.78, 5) is 18.2. The zero-order valence-corrected chi connectivity index (χ0v) is 24.6. The third kappa shape index (κ3) is 7.26. The first-order valence-corrected chi connectivity index (χ1v) is 15.8. The molecule has 4 aromatic carbocycles. The Balaban J connectivity index is 1.33. The summed E-state index contributed by atoms with van der Waals surface area (Å²) >= 11 is 0. The Hall–Kier alpha value is -3.98. The van der Waals surface area contributed by atoms with Gasteiger partial charge in [-0.25, -0.2) is 8.42 Å². The number of hydrogen-bond donors (Lipinski definition) is 1. The summed E-state index contributed by atoms with van der Waals surface area (Å²) in [6, 6.07) is 35.7. The normalized spacial score (nSPS) is 15.0. The van der Waals surface area contributed by atoms with Gasteiger partial charge in [0.1, 0.15) is 11.8 Å². The van der Waals surface area contributed by atoms with Crippen molar-refractivity contribution in [3.63, 3.8) is 0 Å². The number of benzene rings is 4. The maximum atomic E-state index is 13.9. The van der Waals surface area contributed by atoms with Crippen molar-refractivity contribution in [3.05, 3.63) is 132 Å². The van der Waals surface area contributed by atoms with Gasteiger partial charge in [-0.3, -0.25) is 9.69 Å². The summed E-state index contributed by atoms with van der Waals surface area (Å²) in [6.07, 6.45) is 0.257. The highest BCUT2D eigenvalue weighted by Gasteiger charge is 2.33. The lowest BCUT2D eigenvalue weighted by Gasteiger charge is -2.40. The van der Waals surface area contributed by atoms with Crippen LogP contribution in [0.4, 0.5) is 0 Å². The molecule has 0 radical (unpaired) electrons. The fourth-order valence-electron chi connectivity index (χ4n) is 5.47. The van der Waals surface area contributed by atoms with E-state index in [9.17, 15) is 13.2 Å². The molecule has 0 saturated carbocycles. The first-order chi connectivity index (χ1) is 20.4. The Morgan fingerprint density at radius 1 is 0.762 bits per heavy atom.